The van der Waals surface area contributed by atoms with Gasteiger partial charge in [-0.05, 0) is 48.0 Å². The molecule has 1 fully saturated rings. The minimum Gasteiger partial charge on any atom is -0.492 e. The van der Waals surface area contributed by atoms with Gasteiger partial charge in [-0.2, -0.15) is 9.50 Å². The first-order valence-electron chi connectivity index (χ1n) is 11.2. The van der Waals surface area contributed by atoms with Crippen molar-refractivity contribution in [1.82, 2.24) is 19.5 Å². The molecule has 2 aromatic carbocycles. The number of anilines is 1. The minimum atomic E-state index is -0.340. The van der Waals surface area contributed by atoms with Gasteiger partial charge in [0.05, 0.1) is 17.2 Å². The third-order valence-electron chi connectivity index (χ3n) is 6.21. The maximum absolute atomic E-state index is 14.2. The average molecular weight is 510 g/mol. The Morgan fingerprint density at radius 2 is 1.86 bits per heavy atom. The van der Waals surface area contributed by atoms with Crippen LogP contribution in [0.2, 0.25) is 5.02 Å². The number of hydrogen-bond acceptors (Lipinski definition) is 7. The van der Waals surface area contributed by atoms with Gasteiger partial charge in [0, 0.05) is 36.9 Å². The molecule has 1 aliphatic heterocycles. The summed E-state index contributed by atoms with van der Waals surface area (Å²) in [5, 5.41) is 16.3. The first-order valence-corrected chi connectivity index (χ1v) is 12.4. The van der Waals surface area contributed by atoms with Crippen LogP contribution in [0, 0.1) is 5.82 Å². The second-order valence-electron chi connectivity index (χ2n) is 8.36. The summed E-state index contributed by atoms with van der Waals surface area (Å²) >= 11 is 7.53. The van der Waals surface area contributed by atoms with E-state index in [1.807, 2.05) is 30.3 Å². The van der Waals surface area contributed by atoms with Gasteiger partial charge in [-0.1, -0.05) is 41.1 Å². The Morgan fingerprint density at radius 3 is 2.57 bits per heavy atom. The summed E-state index contributed by atoms with van der Waals surface area (Å²) in [6.07, 6.45) is 1.55. The second-order valence-corrected chi connectivity index (χ2v) is 9.80. The molecule has 1 atom stereocenters. The van der Waals surface area contributed by atoms with Crippen molar-refractivity contribution >= 4 is 33.6 Å². The van der Waals surface area contributed by atoms with E-state index in [2.05, 4.69) is 19.9 Å². The highest BCUT2D eigenvalue weighted by Crippen LogP contribution is 2.41. The van der Waals surface area contributed by atoms with Crippen LogP contribution in [0.1, 0.15) is 16.5 Å². The highest BCUT2D eigenvalue weighted by Gasteiger charge is 2.32. The molecule has 1 saturated heterocycles. The molecule has 0 radical (unpaired) electrons. The van der Waals surface area contributed by atoms with Gasteiger partial charge in [-0.15, -0.1) is 5.10 Å². The van der Waals surface area contributed by atoms with Gasteiger partial charge in [0.1, 0.15) is 5.82 Å². The van der Waals surface area contributed by atoms with Gasteiger partial charge < -0.3 is 14.4 Å². The van der Waals surface area contributed by atoms with E-state index >= 15 is 0 Å². The Morgan fingerprint density at radius 1 is 1.03 bits per heavy atom. The molecule has 1 unspecified atom stereocenters. The van der Waals surface area contributed by atoms with E-state index in [-0.39, 0.29) is 17.7 Å². The third-order valence-corrected chi connectivity index (χ3v) is 7.51. The Bertz CT molecular complexity index is 1480. The fourth-order valence-electron chi connectivity index (χ4n) is 4.55. The predicted octanol–water partition coefficient (Wildman–Crippen LogP) is 5.46. The van der Waals surface area contributed by atoms with Gasteiger partial charge in [0.25, 0.3) is 0 Å². The van der Waals surface area contributed by atoms with Crippen molar-refractivity contribution in [2.24, 2.45) is 0 Å². The summed E-state index contributed by atoms with van der Waals surface area (Å²) in [6.45, 7) is 2.99. The maximum atomic E-state index is 14.2. The molecule has 0 saturated carbocycles. The monoisotopic (exact) mass is 509 g/mol. The smallest absolute Gasteiger partial charge is 0.230 e. The van der Waals surface area contributed by atoms with Crippen molar-refractivity contribution < 1.29 is 13.9 Å². The average Bonchev–Trinajstić information content (AvgIpc) is 3.59. The molecule has 4 heterocycles. The highest BCUT2D eigenvalue weighted by atomic mass is 35.5. The number of nitrogens with zero attached hydrogens (tertiary/aromatic N) is 5. The normalized spacial score (nSPS) is 15.7. The Kier molecular flexibility index (Phi) is 5.68. The lowest BCUT2D eigenvalue weighted by molar-refractivity contribution is 0.211. The summed E-state index contributed by atoms with van der Waals surface area (Å²) in [4.78, 5) is 10.3. The van der Waals surface area contributed by atoms with Gasteiger partial charge in [-0.25, -0.2) is 4.39 Å². The van der Waals surface area contributed by atoms with Crippen molar-refractivity contribution in [3.8, 4) is 17.5 Å². The summed E-state index contributed by atoms with van der Waals surface area (Å²) in [5.74, 6) is 0.618. The lowest BCUT2D eigenvalue weighted by Crippen LogP contribution is -2.47. The van der Waals surface area contributed by atoms with Crippen molar-refractivity contribution in [1.29, 1.82) is 0 Å². The fourth-order valence-corrected chi connectivity index (χ4v) is 5.86. The SMILES string of the molecule is Oc1c(C(c2cccc(F)c2)N2CCN(c3cccc(Cl)c3)CC2)sc2nc(-c3ccco3)nn12. The van der Waals surface area contributed by atoms with Gasteiger partial charge in [-0.3, -0.25) is 4.90 Å². The zero-order chi connectivity index (χ0) is 23.9. The molecular weight excluding hydrogens is 489 g/mol. The standard InChI is InChI=1S/C25H21ClFN5O2S/c26-17-5-2-7-19(15-17)30-9-11-31(12-10-30)21(16-4-1-6-18(27)14-16)22-24(33)32-25(35-22)28-23(29-32)20-8-3-13-34-20/h1-8,13-15,21,33H,9-12H2. The van der Waals surface area contributed by atoms with Gasteiger partial charge >= 0.3 is 0 Å². The minimum absolute atomic E-state index is 0.00170. The van der Waals surface area contributed by atoms with Gasteiger partial charge in [0.2, 0.25) is 16.7 Å². The maximum Gasteiger partial charge on any atom is 0.230 e. The number of hydrogen-bond donors (Lipinski definition) is 1. The van der Waals surface area contributed by atoms with Crippen LogP contribution in [-0.4, -0.2) is 50.8 Å². The first kappa shape index (κ1) is 22.1. The summed E-state index contributed by atoms with van der Waals surface area (Å²) in [6, 6.07) is 17.6. The molecule has 1 N–H and O–H groups in total. The van der Waals surface area contributed by atoms with Crippen molar-refractivity contribution in [3.05, 3.63) is 88.2 Å². The third kappa shape index (κ3) is 4.16. The van der Waals surface area contributed by atoms with Crippen LogP contribution in [0.15, 0.2) is 71.3 Å². The number of halogens is 2. The van der Waals surface area contributed by atoms with E-state index in [1.165, 1.54) is 28.0 Å². The van der Waals surface area contributed by atoms with E-state index in [1.54, 1.807) is 24.5 Å². The Hall–Kier alpha value is -3.40. The summed E-state index contributed by atoms with van der Waals surface area (Å²) in [5.41, 5.74) is 1.85. The van der Waals surface area contributed by atoms with Crippen LogP contribution < -0.4 is 4.90 Å². The molecule has 0 spiro atoms. The summed E-state index contributed by atoms with van der Waals surface area (Å²) < 4.78 is 21.1. The zero-order valence-electron chi connectivity index (χ0n) is 18.5. The largest absolute Gasteiger partial charge is 0.492 e. The number of aromatic hydroxyl groups is 1. The predicted molar refractivity (Wildman–Crippen MR) is 134 cm³/mol. The molecule has 35 heavy (non-hydrogen) atoms. The molecule has 10 heteroatoms. The van der Waals surface area contributed by atoms with Crippen LogP contribution in [0.3, 0.4) is 0 Å². The quantitative estimate of drug-likeness (QED) is 0.339. The van der Waals surface area contributed by atoms with Crippen LogP contribution in [0.4, 0.5) is 10.1 Å². The Labute approximate surface area is 209 Å². The zero-order valence-corrected chi connectivity index (χ0v) is 20.1. The lowest BCUT2D eigenvalue weighted by Gasteiger charge is -2.40. The number of fused-ring (bicyclic) bond motifs is 1. The number of thiazole rings is 1. The first-order chi connectivity index (χ1) is 17.1. The molecule has 178 valence electrons. The molecule has 6 rings (SSSR count). The van der Waals surface area contributed by atoms with Crippen molar-refractivity contribution in [2.45, 2.75) is 6.04 Å². The van der Waals surface area contributed by atoms with E-state index in [0.29, 0.717) is 26.4 Å². The fraction of sp³-hybridized carbons (Fsp3) is 0.200. The number of aromatic nitrogens is 3. The molecule has 0 amide bonds. The number of rotatable bonds is 5. The molecule has 1 aliphatic rings. The van der Waals surface area contributed by atoms with E-state index in [9.17, 15) is 9.50 Å². The molecule has 0 aliphatic carbocycles. The molecule has 7 nitrogen and oxygen atoms in total. The number of furan rings is 1. The number of piperazine rings is 1. The second kappa shape index (κ2) is 8.99. The van der Waals surface area contributed by atoms with Gasteiger partial charge in [0.15, 0.2) is 5.76 Å². The highest BCUT2D eigenvalue weighted by molar-refractivity contribution is 7.17. The number of benzene rings is 2. The van der Waals surface area contributed by atoms with E-state index in [4.69, 9.17) is 16.0 Å². The van der Waals surface area contributed by atoms with Crippen LogP contribution in [0.25, 0.3) is 16.5 Å². The lowest BCUT2D eigenvalue weighted by atomic mass is 10.0. The van der Waals surface area contributed by atoms with Crippen molar-refractivity contribution in [3.63, 3.8) is 0 Å². The van der Waals surface area contributed by atoms with Crippen LogP contribution in [-0.2, 0) is 0 Å². The molecule has 3 aromatic heterocycles. The summed E-state index contributed by atoms with van der Waals surface area (Å²) in [7, 11) is 0. The van der Waals surface area contributed by atoms with E-state index in [0.717, 1.165) is 37.4 Å². The topological polar surface area (TPSA) is 70.0 Å². The molecule has 0 bridgehead atoms. The molecule has 5 aromatic rings. The van der Waals surface area contributed by atoms with E-state index < -0.39 is 0 Å². The van der Waals surface area contributed by atoms with Crippen molar-refractivity contribution in [2.75, 3.05) is 31.1 Å². The Balaban J connectivity index is 1.34. The van der Waals surface area contributed by atoms with Crippen LogP contribution >= 0.6 is 22.9 Å². The van der Waals surface area contributed by atoms with Crippen LogP contribution in [0.5, 0.6) is 5.88 Å². The molecular formula is C25H21ClFN5O2S.